The summed E-state index contributed by atoms with van der Waals surface area (Å²) in [6.07, 6.45) is 0. The lowest BCUT2D eigenvalue weighted by molar-refractivity contribution is 0.0956. The Morgan fingerprint density at radius 2 is 2.11 bits per heavy atom. The van der Waals surface area contributed by atoms with Crippen LogP contribution in [0.25, 0.3) is 0 Å². The van der Waals surface area contributed by atoms with Crippen LogP contribution in [0.3, 0.4) is 0 Å². The van der Waals surface area contributed by atoms with E-state index >= 15 is 0 Å². The molecule has 8 heteroatoms. The number of sulfonamides is 1. The molecule has 1 aromatic carbocycles. The molecule has 0 spiro atoms. The number of carbonyl (C=O) groups is 1. The van der Waals surface area contributed by atoms with Crippen molar-refractivity contribution >= 4 is 27.5 Å². The first kappa shape index (κ1) is 14.7. The second kappa shape index (κ2) is 6.03. The van der Waals surface area contributed by atoms with E-state index in [1.54, 1.807) is 0 Å². The van der Waals surface area contributed by atoms with Crippen LogP contribution in [0.15, 0.2) is 18.2 Å². The molecule has 0 fully saturated rings. The van der Waals surface area contributed by atoms with Crippen LogP contribution < -0.4 is 10.0 Å². The minimum Gasteiger partial charge on any atom is -0.506 e. The van der Waals surface area contributed by atoms with Crippen LogP contribution in [0.4, 0.5) is 0 Å². The molecule has 0 aliphatic carbocycles. The van der Waals surface area contributed by atoms with Crippen LogP contribution in [0, 0.1) is 0 Å². The fourth-order valence-electron chi connectivity index (χ4n) is 1.15. The van der Waals surface area contributed by atoms with E-state index in [0.29, 0.717) is 0 Å². The fourth-order valence-corrected chi connectivity index (χ4v) is 1.91. The Morgan fingerprint density at radius 3 is 2.67 bits per heavy atom. The third-order valence-electron chi connectivity index (χ3n) is 2.18. The topological polar surface area (TPSA) is 95.5 Å². The Morgan fingerprint density at radius 1 is 1.44 bits per heavy atom. The van der Waals surface area contributed by atoms with Crippen molar-refractivity contribution in [3.05, 3.63) is 28.8 Å². The van der Waals surface area contributed by atoms with Gasteiger partial charge in [0.15, 0.2) is 0 Å². The molecule has 1 rings (SSSR count). The van der Waals surface area contributed by atoms with Gasteiger partial charge in [-0.15, -0.1) is 0 Å². The predicted molar refractivity (Wildman–Crippen MR) is 68.3 cm³/mol. The second-order valence-electron chi connectivity index (χ2n) is 3.45. The van der Waals surface area contributed by atoms with Crippen molar-refractivity contribution < 1.29 is 18.3 Å². The van der Waals surface area contributed by atoms with Crippen LogP contribution in [0.1, 0.15) is 10.4 Å². The molecule has 100 valence electrons. The number of amides is 1. The van der Waals surface area contributed by atoms with Crippen LogP contribution in [0.5, 0.6) is 5.75 Å². The summed E-state index contributed by atoms with van der Waals surface area (Å²) in [6, 6.07) is 3.99. The first-order valence-electron chi connectivity index (χ1n) is 5.03. The molecule has 0 saturated carbocycles. The largest absolute Gasteiger partial charge is 0.506 e. The van der Waals surface area contributed by atoms with Crippen molar-refractivity contribution in [3.63, 3.8) is 0 Å². The Bertz CT molecular complexity index is 545. The van der Waals surface area contributed by atoms with E-state index in [9.17, 15) is 18.3 Å². The third kappa shape index (κ3) is 4.17. The second-order valence-corrected chi connectivity index (χ2v) is 5.90. The first-order valence-corrected chi connectivity index (χ1v) is 7.06. The quantitative estimate of drug-likeness (QED) is 0.728. The highest BCUT2D eigenvalue weighted by atomic mass is 35.5. The average molecular weight is 293 g/mol. The summed E-state index contributed by atoms with van der Waals surface area (Å²) >= 11 is 5.65. The van der Waals surface area contributed by atoms with Crippen LogP contribution in [0.2, 0.25) is 5.02 Å². The van der Waals surface area contributed by atoms with Gasteiger partial charge in [-0.2, -0.15) is 0 Å². The first-order chi connectivity index (χ1) is 8.35. The molecule has 1 amide bonds. The Balaban J connectivity index is 2.58. The summed E-state index contributed by atoms with van der Waals surface area (Å²) in [7, 11) is -2.04. The Kier molecular flexibility index (Phi) is 4.94. The number of carbonyl (C=O) groups excluding carboxylic acids is 1. The Labute approximate surface area is 110 Å². The van der Waals surface area contributed by atoms with E-state index in [2.05, 4.69) is 10.0 Å². The molecule has 0 aromatic heterocycles. The molecule has 0 atom stereocenters. The highest BCUT2D eigenvalue weighted by molar-refractivity contribution is 7.89. The summed E-state index contributed by atoms with van der Waals surface area (Å²) < 4.78 is 24.3. The summed E-state index contributed by atoms with van der Waals surface area (Å²) in [4.78, 5) is 11.6. The zero-order valence-corrected chi connectivity index (χ0v) is 11.2. The highest BCUT2D eigenvalue weighted by Crippen LogP contribution is 2.23. The zero-order chi connectivity index (χ0) is 13.8. The van der Waals surface area contributed by atoms with Crippen LogP contribution in [-0.4, -0.2) is 38.8 Å². The average Bonchev–Trinajstić information content (AvgIpc) is 2.32. The van der Waals surface area contributed by atoms with Crippen molar-refractivity contribution in [2.45, 2.75) is 0 Å². The minimum atomic E-state index is -3.34. The van der Waals surface area contributed by atoms with E-state index < -0.39 is 15.9 Å². The maximum absolute atomic E-state index is 11.6. The van der Waals surface area contributed by atoms with Gasteiger partial charge < -0.3 is 10.4 Å². The zero-order valence-electron chi connectivity index (χ0n) is 9.60. The van der Waals surface area contributed by atoms with Gasteiger partial charge in [0.2, 0.25) is 10.0 Å². The normalized spacial score (nSPS) is 11.2. The van der Waals surface area contributed by atoms with Gasteiger partial charge >= 0.3 is 0 Å². The van der Waals surface area contributed by atoms with Crippen molar-refractivity contribution in [2.75, 3.05) is 19.3 Å². The molecule has 0 aliphatic heterocycles. The van der Waals surface area contributed by atoms with E-state index in [1.807, 2.05) is 0 Å². The fraction of sp³-hybridized carbons (Fsp3) is 0.300. The molecule has 0 radical (unpaired) electrons. The maximum Gasteiger partial charge on any atom is 0.251 e. The van der Waals surface area contributed by atoms with E-state index in [1.165, 1.54) is 25.2 Å². The van der Waals surface area contributed by atoms with Gasteiger partial charge in [-0.25, -0.2) is 13.1 Å². The summed E-state index contributed by atoms with van der Waals surface area (Å²) in [6.45, 7) is -0.0134. The van der Waals surface area contributed by atoms with Crippen molar-refractivity contribution in [1.29, 1.82) is 0 Å². The molecule has 0 saturated heterocycles. The molecule has 18 heavy (non-hydrogen) atoms. The molecule has 3 N–H and O–H groups in total. The molecule has 0 unspecified atom stereocenters. The van der Waals surface area contributed by atoms with Crippen LogP contribution >= 0.6 is 11.6 Å². The van der Waals surface area contributed by atoms with Gasteiger partial charge in [0.05, 0.1) is 10.8 Å². The number of rotatable bonds is 5. The predicted octanol–water partition coefficient (Wildman–Crippen LogP) is 0.325. The van der Waals surface area contributed by atoms with E-state index in [0.717, 1.165) is 0 Å². The summed E-state index contributed by atoms with van der Waals surface area (Å²) in [5, 5.41) is 11.7. The standard InChI is InChI=1S/C10H13ClN2O4S/c1-12-18(16,17)5-4-13-10(15)7-2-3-9(14)8(11)6-7/h2-3,6,12,14H,4-5H2,1H3,(H,13,15). The van der Waals surface area contributed by atoms with E-state index in [-0.39, 0.29) is 28.6 Å². The van der Waals surface area contributed by atoms with Gasteiger partial charge in [0.25, 0.3) is 5.91 Å². The summed E-state index contributed by atoms with van der Waals surface area (Å²) in [5.41, 5.74) is 0.250. The number of nitrogens with one attached hydrogen (secondary N) is 2. The molecule has 6 nitrogen and oxygen atoms in total. The third-order valence-corrected chi connectivity index (χ3v) is 3.84. The van der Waals surface area contributed by atoms with Crippen LogP contribution in [-0.2, 0) is 10.0 Å². The van der Waals surface area contributed by atoms with E-state index in [4.69, 9.17) is 11.6 Å². The molecule has 0 bridgehead atoms. The smallest absolute Gasteiger partial charge is 0.251 e. The lowest BCUT2D eigenvalue weighted by Gasteiger charge is -2.06. The monoisotopic (exact) mass is 292 g/mol. The number of phenols is 1. The van der Waals surface area contributed by atoms with Gasteiger partial charge in [-0.05, 0) is 25.2 Å². The van der Waals surface area contributed by atoms with Gasteiger partial charge in [0, 0.05) is 12.1 Å². The number of aromatic hydroxyl groups is 1. The SMILES string of the molecule is CNS(=O)(=O)CCNC(=O)c1ccc(O)c(Cl)c1. The minimum absolute atomic E-state index is 0.0134. The molecular weight excluding hydrogens is 280 g/mol. The Hall–Kier alpha value is -1.31. The molecule has 1 aromatic rings. The summed E-state index contributed by atoms with van der Waals surface area (Å²) in [5.74, 6) is -0.782. The van der Waals surface area contributed by atoms with Crippen molar-refractivity contribution in [3.8, 4) is 5.75 Å². The maximum atomic E-state index is 11.6. The number of phenolic OH excluding ortho intramolecular Hbond substituents is 1. The van der Waals surface area contributed by atoms with Crippen molar-refractivity contribution in [1.82, 2.24) is 10.0 Å². The van der Waals surface area contributed by atoms with Gasteiger partial charge in [0.1, 0.15) is 5.75 Å². The lowest BCUT2D eigenvalue weighted by atomic mass is 10.2. The number of halogens is 1. The molecular formula is C10H13ClN2O4S. The lowest BCUT2D eigenvalue weighted by Crippen LogP contribution is -2.32. The molecule has 0 heterocycles. The van der Waals surface area contributed by atoms with Crippen molar-refractivity contribution in [2.24, 2.45) is 0 Å². The number of benzene rings is 1. The van der Waals surface area contributed by atoms with Gasteiger partial charge in [-0.1, -0.05) is 11.6 Å². The van der Waals surface area contributed by atoms with Gasteiger partial charge in [-0.3, -0.25) is 4.79 Å². The number of hydrogen-bond acceptors (Lipinski definition) is 4. The number of hydrogen-bond donors (Lipinski definition) is 3. The highest BCUT2D eigenvalue weighted by Gasteiger charge is 2.10. The molecule has 0 aliphatic rings.